The third kappa shape index (κ3) is 2.48. The molecule has 21 heavy (non-hydrogen) atoms. The fourth-order valence-electron chi connectivity index (χ4n) is 2.50. The van der Waals surface area contributed by atoms with Crippen LogP contribution in [0.15, 0.2) is 54.4 Å². The summed E-state index contributed by atoms with van der Waals surface area (Å²) in [6.45, 7) is 0. The minimum absolute atomic E-state index is 0.0567. The second-order valence-electron chi connectivity index (χ2n) is 4.94. The van der Waals surface area contributed by atoms with E-state index in [1.165, 1.54) is 0 Å². The van der Waals surface area contributed by atoms with Gasteiger partial charge >= 0.3 is 0 Å². The maximum Gasteiger partial charge on any atom is 0.174 e. The Morgan fingerprint density at radius 2 is 2.00 bits per heavy atom. The van der Waals surface area contributed by atoms with E-state index in [4.69, 9.17) is 0 Å². The lowest BCUT2D eigenvalue weighted by Crippen LogP contribution is -2.23. The summed E-state index contributed by atoms with van der Waals surface area (Å²) in [5, 5.41) is 10.3. The zero-order valence-corrected chi connectivity index (χ0v) is 11.2. The molecule has 104 valence electrons. The van der Waals surface area contributed by atoms with Crippen molar-refractivity contribution >= 4 is 17.3 Å². The van der Waals surface area contributed by atoms with Gasteiger partial charge in [0.25, 0.3) is 0 Å². The number of hydrogen-bond donors (Lipinski definition) is 1. The van der Waals surface area contributed by atoms with Crippen molar-refractivity contribution in [3.63, 3.8) is 0 Å². The van der Waals surface area contributed by atoms with Crippen LogP contribution in [0.1, 0.15) is 16.7 Å². The maximum atomic E-state index is 12.3. The van der Waals surface area contributed by atoms with Crippen LogP contribution in [0, 0.1) is 0 Å². The van der Waals surface area contributed by atoms with Crippen LogP contribution >= 0.6 is 0 Å². The summed E-state index contributed by atoms with van der Waals surface area (Å²) < 4.78 is 0. The summed E-state index contributed by atoms with van der Waals surface area (Å²) in [5.41, 5.74) is 1.93. The number of allylic oxidation sites excluding steroid dienone is 1. The third-order valence-electron chi connectivity index (χ3n) is 3.51. The number of aliphatic hydroxyl groups excluding tert-OH is 1. The number of Topliss-reactive ketones (excluding diaryl/α,β-unsaturated/α-hetero) is 2. The van der Waals surface area contributed by atoms with Crippen LogP contribution in [0.5, 0.6) is 0 Å². The van der Waals surface area contributed by atoms with Gasteiger partial charge in [-0.25, -0.2) is 0 Å². The Labute approximate surface area is 121 Å². The number of aliphatic hydroxyl groups is 1. The van der Waals surface area contributed by atoms with Crippen LogP contribution in [0.4, 0.5) is 0 Å². The van der Waals surface area contributed by atoms with E-state index in [1.807, 2.05) is 6.07 Å². The van der Waals surface area contributed by atoms with Crippen LogP contribution in [-0.4, -0.2) is 21.7 Å². The molecule has 1 aromatic heterocycles. The number of benzene rings is 1. The van der Waals surface area contributed by atoms with Gasteiger partial charge in [0.2, 0.25) is 0 Å². The van der Waals surface area contributed by atoms with Crippen LogP contribution in [-0.2, 0) is 22.4 Å². The zero-order valence-electron chi connectivity index (χ0n) is 11.2. The van der Waals surface area contributed by atoms with Crippen LogP contribution in [0.25, 0.3) is 5.76 Å². The molecule has 0 fully saturated rings. The molecule has 1 aromatic carbocycles. The molecule has 2 aromatic rings. The third-order valence-corrected chi connectivity index (χ3v) is 3.51. The number of aromatic nitrogens is 1. The van der Waals surface area contributed by atoms with Crippen molar-refractivity contribution in [2.24, 2.45) is 0 Å². The van der Waals surface area contributed by atoms with Gasteiger partial charge in [0.1, 0.15) is 11.3 Å². The Bertz CT molecular complexity index is 748. The summed E-state index contributed by atoms with van der Waals surface area (Å²) in [6.07, 6.45) is 3.40. The average molecular weight is 279 g/mol. The van der Waals surface area contributed by atoms with Crippen LogP contribution < -0.4 is 0 Å². The second-order valence-corrected chi connectivity index (χ2v) is 4.94. The summed E-state index contributed by atoms with van der Waals surface area (Å²) in [5.74, 6) is -0.921. The molecule has 1 heterocycles. The Balaban J connectivity index is 1.97. The molecular weight excluding hydrogens is 266 g/mol. The van der Waals surface area contributed by atoms with Gasteiger partial charge in [-0.1, -0.05) is 30.3 Å². The first-order chi connectivity index (χ1) is 10.2. The van der Waals surface area contributed by atoms with Gasteiger partial charge < -0.3 is 5.11 Å². The van der Waals surface area contributed by atoms with Crippen molar-refractivity contribution in [3.8, 4) is 0 Å². The maximum absolute atomic E-state index is 12.3. The first-order valence-electron chi connectivity index (χ1n) is 6.63. The Morgan fingerprint density at radius 1 is 1.19 bits per heavy atom. The number of nitrogens with zero attached hydrogens (tertiary/aromatic N) is 1. The molecular formula is C17H13NO3. The molecule has 0 aliphatic heterocycles. The fraction of sp³-hybridized carbons (Fsp3) is 0.118. The van der Waals surface area contributed by atoms with E-state index in [9.17, 15) is 14.7 Å². The number of carbonyl (C=O) groups is 2. The molecule has 0 unspecified atom stereocenters. The van der Waals surface area contributed by atoms with Crippen molar-refractivity contribution in [2.45, 2.75) is 12.8 Å². The molecule has 0 atom stereocenters. The molecule has 4 nitrogen and oxygen atoms in total. The van der Waals surface area contributed by atoms with Crippen molar-refractivity contribution in [3.05, 3.63) is 71.1 Å². The molecule has 4 heteroatoms. The normalized spacial score (nSPS) is 14.0. The monoisotopic (exact) mass is 279 g/mol. The van der Waals surface area contributed by atoms with E-state index >= 15 is 0 Å². The number of ketones is 2. The van der Waals surface area contributed by atoms with Gasteiger partial charge in [0.05, 0.1) is 0 Å². The van der Waals surface area contributed by atoms with Gasteiger partial charge in [-0.15, -0.1) is 0 Å². The number of pyridine rings is 1. The van der Waals surface area contributed by atoms with Crippen LogP contribution in [0.2, 0.25) is 0 Å². The van der Waals surface area contributed by atoms with Gasteiger partial charge in [-0.2, -0.15) is 0 Å². The predicted octanol–water partition coefficient (Wildman–Crippen LogP) is 2.29. The largest absolute Gasteiger partial charge is 0.506 e. The number of hydrogen-bond acceptors (Lipinski definition) is 4. The summed E-state index contributed by atoms with van der Waals surface area (Å²) in [7, 11) is 0. The smallest absolute Gasteiger partial charge is 0.174 e. The van der Waals surface area contributed by atoms with E-state index in [0.717, 1.165) is 11.1 Å². The highest BCUT2D eigenvalue weighted by molar-refractivity contribution is 6.26. The lowest BCUT2D eigenvalue weighted by atomic mass is 9.86. The van der Waals surface area contributed by atoms with Gasteiger partial charge in [-0.3, -0.25) is 14.6 Å². The molecule has 0 saturated heterocycles. The van der Waals surface area contributed by atoms with E-state index < -0.39 is 0 Å². The van der Waals surface area contributed by atoms with Gasteiger partial charge in [0, 0.05) is 30.8 Å². The molecule has 0 spiro atoms. The molecule has 1 aliphatic carbocycles. The average Bonchev–Trinajstić information content (AvgIpc) is 2.48. The van der Waals surface area contributed by atoms with Crippen molar-refractivity contribution in [1.29, 1.82) is 0 Å². The zero-order chi connectivity index (χ0) is 14.8. The SMILES string of the molecule is O=C(Cc1cccnc1)C1=C(O)c2ccccc2CC1=O. The van der Waals surface area contributed by atoms with E-state index in [0.29, 0.717) is 5.56 Å². The summed E-state index contributed by atoms with van der Waals surface area (Å²) in [6, 6.07) is 10.6. The summed E-state index contributed by atoms with van der Waals surface area (Å²) in [4.78, 5) is 28.4. The molecule has 0 saturated carbocycles. The molecule has 0 radical (unpaired) electrons. The summed E-state index contributed by atoms with van der Waals surface area (Å²) >= 11 is 0. The lowest BCUT2D eigenvalue weighted by molar-refractivity contribution is -0.120. The van der Waals surface area contributed by atoms with Crippen LogP contribution in [0.3, 0.4) is 0 Å². The first-order valence-corrected chi connectivity index (χ1v) is 6.63. The molecule has 1 N–H and O–H groups in total. The Morgan fingerprint density at radius 3 is 2.76 bits per heavy atom. The second kappa shape index (κ2) is 5.32. The van der Waals surface area contributed by atoms with E-state index in [-0.39, 0.29) is 35.7 Å². The topological polar surface area (TPSA) is 67.3 Å². The number of carbonyl (C=O) groups excluding carboxylic acids is 2. The molecule has 3 rings (SSSR count). The highest BCUT2D eigenvalue weighted by Gasteiger charge is 2.29. The minimum Gasteiger partial charge on any atom is -0.506 e. The highest BCUT2D eigenvalue weighted by Crippen LogP contribution is 2.28. The van der Waals surface area contributed by atoms with Crippen molar-refractivity contribution < 1.29 is 14.7 Å². The minimum atomic E-state index is -0.375. The first kappa shape index (κ1) is 13.2. The Kier molecular flexibility index (Phi) is 3.36. The van der Waals surface area contributed by atoms with E-state index in [1.54, 1.807) is 42.7 Å². The van der Waals surface area contributed by atoms with Gasteiger partial charge in [-0.05, 0) is 17.2 Å². The fourth-order valence-corrected chi connectivity index (χ4v) is 2.50. The molecule has 0 amide bonds. The molecule has 0 bridgehead atoms. The predicted molar refractivity (Wildman–Crippen MR) is 77.6 cm³/mol. The van der Waals surface area contributed by atoms with Gasteiger partial charge in [0.15, 0.2) is 11.6 Å². The van der Waals surface area contributed by atoms with Crippen molar-refractivity contribution in [2.75, 3.05) is 0 Å². The Hall–Kier alpha value is -2.75. The number of fused-ring (bicyclic) bond motifs is 1. The molecule has 1 aliphatic rings. The van der Waals surface area contributed by atoms with Crippen molar-refractivity contribution in [1.82, 2.24) is 4.98 Å². The highest BCUT2D eigenvalue weighted by atomic mass is 16.3. The lowest BCUT2D eigenvalue weighted by Gasteiger charge is -2.17. The quantitative estimate of drug-likeness (QED) is 0.875. The number of rotatable bonds is 3. The standard InChI is InChI=1S/C17H13NO3/c19-14(8-11-4-3-7-18-10-11)16-15(20)9-12-5-1-2-6-13(12)17(16)21/h1-7,10,21H,8-9H2. The van der Waals surface area contributed by atoms with E-state index in [2.05, 4.69) is 4.98 Å².